The van der Waals surface area contributed by atoms with Crippen LogP contribution in [0.3, 0.4) is 0 Å². The highest BCUT2D eigenvalue weighted by Gasteiger charge is 2.23. The van der Waals surface area contributed by atoms with Crippen molar-refractivity contribution in [1.82, 2.24) is 5.32 Å². The molecule has 3 rings (SSSR count). The van der Waals surface area contributed by atoms with Gasteiger partial charge in [-0.05, 0) is 35.7 Å². The van der Waals surface area contributed by atoms with E-state index in [4.69, 9.17) is 10.5 Å². The number of hydrogen-bond acceptors (Lipinski definition) is 3. The monoisotopic (exact) mass is 322 g/mol. The van der Waals surface area contributed by atoms with Crippen LogP contribution in [-0.2, 0) is 22.5 Å². The van der Waals surface area contributed by atoms with Gasteiger partial charge in [0, 0.05) is 13.0 Å². The number of rotatable bonds is 7. The molecule has 1 heterocycles. The highest BCUT2D eigenvalue weighted by molar-refractivity contribution is 5.90. The van der Waals surface area contributed by atoms with E-state index in [1.54, 1.807) is 6.08 Å². The normalized spacial score (nSPS) is 16.5. The van der Waals surface area contributed by atoms with Crippen LogP contribution in [0.25, 0.3) is 0 Å². The highest BCUT2D eigenvalue weighted by Crippen LogP contribution is 2.31. The van der Waals surface area contributed by atoms with Gasteiger partial charge in [0.15, 0.2) is 5.76 Å². The number of nitrogens with two attached hydrogens (primary N) is 1. The third-order valence-electron chi connectivity index (χ3n) is 4.11. The Kier molecular flexibility index (Phi) is 5.29. The van der Waals surface area contributed by atoms with Crippen molar-refractivity contribution in [3.8, 4) is 0 Å². The molecule has 0 fully saturated rings. The van der Waals surface area contributed by atoms with Crippen LogP contribution in [0, 0.1) is 0 Å². The number of ether oxygens (including phenoxy) is 1. The summed E-state index contributed by atoms with van der Waals surface area (Å²) in [4.78, 5) is 11.2. The van der Waals surface area contributed by atoms with Crippen LogP contribution in [0.5, 0.6) is 0 Å². The van der Waals surface area contributed by atoms with E-state index in [0.717, 1.165) is 25.1 Å². The molecule has 1 aliphatic heterocycles. The molecule has 0 aromatic heterocycles. The Morgan fingerprint density at radius 2 is 1.92 bits per heavy atom. The number of benzene rings is 2. The van der Waals surface area contributed by atoms with Crippen molar-refractivity contribution in [2.24, 2.45) is 5.73 Å². The van der Waals surface area contributed by atoms with Crippen molar-refractivity contribution in [2.45, 2.75) is 25.5 Å². The van der Waals surface area contributed by atoms with E-state index in [1.807, 2.05) is 18.2 Å². The number of carbonyl (C=O) groups is 1. The molecule has 4 nitrogen and oxygen atoms in total. The summed E-state index contributed by atoms with van der Waals surface area (Å²) in [6.45, 7) is 1.74. The third-order valence-corrected chi connectivity index (χ3v) is 4.11. The van der Waals surface area contributed by atoms with E-state index >= 15 is 0 Å². The predicted molar refractivity (Wildman–Crippen MR) is 94.0 cm³/mol. The first kappa shape index (κ1) is 16.3. The Balaban J connectivity index is 1.50. The lowest BCUT2D eigenvalue weighted by Crippen LogP contribution is -2.17. The summed E-state index contributed by atoms with van der Waals surface area (Å²) in [5.74, 6) is -0.234. The first-order chi connectivity index (χ1) is 11.7. The lowest BCUT2D eigenvalue weighted by atomic mass is 10.0. The zero-order valence-corrected chi connectivity index (χ0v) is 13.6. The van der Waals surface area contributed by atoms with Crippen LogP contribution < -0.4 is 11.1 Å². The van der Waals surface area contributed by atoms with Crippen LogP contribution >= 0.6 is 0 Å². The predicted octanol–water partition coefficient (Wildman–Crippen LogP) is 2.85. The first-order valence-corrected chi connectivity index (χ1v) is 8.22. The van der Waals surface area contributed by atoms with Crippen molar-refractivity contribution in [3.63, 3.8) is 0 Å². The maximum absolute atomic E-state index is 11.2. The average Bonchev–Trinajstić information content (AvgIpc) is 3.10. The zero-order chi connectivity index (χ0) is 16.8. The number of nitrogens with one attached hydrogen (secondary N) is 1. The topological polar surface area (TPSA) is 64.4 Å². The summed E-state index contributed by atoms with van der Waals surface area (Å²) in [5, 5.41) is 3.47. The second kappa shape index (κ2) is 7.79. The molecule has 24 heavy (non-hydrogen) atoms. The molecule has 1 amide bonds. The molecule has 1 unspecified atom stereocenters. The molecule has 0 saturated carbocycles. The summed E-state index contributed by atoms with van der Waals surface area (Å²) in [6.07, 6.45) is 3.34. The molecular formula is C20H22N2O2. The lowest BCUT2D eigenvalue weighted by molar-refractivity contribution is -0.118. The standard InChI is InChI=1S/C20H22N2O2/c21-20(23)19-10-9-18(24-19)17-8-4-7-16(13-17)14-22-12-11-15-5-2-1-3-6-15/h1-8,10,13,18,22H,9,11-12,14H2,(H2,21,23). The van der Waals surface area contributed by atoms with Crippen molar-refractivity contribution in [2.75, 3.05) is 6.54 Å². The second-order valence-electron chi connectivity index (χ2n) is 5.93. The summed E-state index contributed by atoms with van der Waals surface area (Å²) in [6, 6.07) is 18.7. The van der Waals surface area contributed by atoms with E-state index in [9.17, 15) is 4.79 Å². The molecule has 0 saturated heterocycles. The molecule has 3 N–H and O–H groups in total. The summed E-state index contributed by atoms with van der Waals surface area (Å²) < 4.78 is 5.61. The van der Waals surface area contributed by atoms with Crippen LogP contribution in [0.2, 0.25) is 0 Å². The number of carbonyl (C=O) groups excluding carboxylic acids is 1. The van der Waals surface area contributed by atoms with Gasteiger partial charge in [0.25, 0.3) is 5.91 Å². The molecule has 0 aliphatic carbocycles. The minimum Gasteiger partial charge on any atom is -0.480 e. The van der Waals surface area contributed by atoms with Gasteiger partial charge in [-0.15, -0.1) is 0 Å². The zero-order valence-electron chi connectivity index (χ0n) is 13.6. The van der Waals surface area contributed by atoms with Gasteiger partial charge in [0.2, 0.25) is 0 Å². The van der Waals surface area contributed by atoms with E-state index < -0.39 is 5.91 Å². The minimum atomic E-state index is -0.503. The Morgan fingerprint density at radius 1 is 1.12 bits per heavy atom. The highest BCUT2D eigenvalue weighted by atomic mass is 16.5. The quantitative estimate of drug-likeness (QED) is 0.771. The van der Waals surface area contributed by atoms with Crippen molar-refractivity contribution in [3.05, 3.63) is 83.1 Å². The summed E-state index contributed by atoms with van der Waals surface area (Å²) >= 11 is 0. The average molecular weight is 322 g/mol. The van der Waals surface area contributed by atoms with E-state index in [0.29, 0.717) is 6.42 Å². The van der Waals surface area contributed by atoms with Gasteiger partial charge in [-0.3, -0.25) is 4.79 Å². The van der Waals surface area contributed by atoms with Crippen molar-refractivity contribution in [1.29, 1.82) is 0 Å². The maximum atomic E-state index is 11.2. The molecule has 0 bridgehead atoms. The molecule has 1 aliphatic rings. The summed E-state index contributed by atoms with van der Waals surface area (Å²) in [5.41, 5.74) is 8.87. The maximum Gasteiger partial charge on any atom is 0.283 e. The van der Waals surface area contributed by atoms with Gasteiger partial charge < -0.3 is 15.8 Å². The van der Waals surface area contributed by atoms with E-state index in [2.05, 4.69) is 41.7 Å². The van der Waals surface area contributed by atoms with Gasteiger partial charge in [-0.25, -0.2) is 0 Å². The van der Waals surface area contributed by atoms with Crippen LogP contribution in [-0.4, -0.2) is 12.5 Å². The van der Waals surface area contributed by atoms with Gasteiger partial charge in [0.05, 0.1) is 0 Å². The van der Waals surface area contributed by atoms with Gasteiger partial charge in [0.1, 0.15) is 6.10 Å². The molecule has 0 spiro atoms. The first-order valence-electron chi connectivity index (χ1n) is 8.22. The Labute approximate surface area is 142 Å². The third kappa shape index (κ3) is 4.24. The van der Waals surface area contributed by atoms with Crippen LogP contribution in [0.15, 0.2) is 66.4 Å². The summed E-state index contributed by atoms with van der Waals surface area (Å²) in [7, 11) is 0. The molecular weight excluding hydrogens is 300 g/mol. The fourth-order valence-electron chi connectivity index (χ4n) is 2.84. The number of hydrogen-bond donors (Lipinski definition) is 2. The second-order valence-corrected chi connectivity index (χ2v) is 5.93. The van der Waals surface area contributed by atoms with E-state index in [-0.39, 0.29) is 11.9 Å². The van der Waals surface area contributed by atoms with Gasteiger partial charge in [-0.1, -0.05) is 54.6 Å². The van der Waals surface area contributed by atoms with Crippen LogP contribution in [0.1, 0.15) is 29.2 Å². The fraction of sp³-hybridized carbons (Fsp3) is 0.250. The molecule has 4 heteroatoms. The molecule has 124 valence electrons. The van der Waals surface area contributed by atoms with Crippen LogP contribution in [0.4, 0.5) is 0 Å². The number of primary amides is 1. The lowest BCUT2D eigenvalue weighted by Gasteiger charge is -2.14. The van der Waals surface area contributed by atoms with Crippen molar-refractivity contribution >= 4 is 5.91 Å². The van der Waals surface area contributed by atoms with Gasteiger partial charge in [-0.2, -0.15) is 0 Å². The largest absolute Gasteiger partial charge is 0.480 e. The Hall–Kier alpha value is -2.59. The van der Waals surface area contributed by atoms with Crippen molar-refractivity contribution < 1.29 is 9.53 Å². The molecule has 2 aromatic carbocycles. The molecule has 2 aromatic rings. The minimum absolute atomic E-state index is 0.114. The Morgan fingerprint density at radius 3 is 2.67 bits per heavy atom. The van der Waals surface area contributed by atoms with E-state index in [1.165, 1.54) is 11.1 Å². The number of amides is 1. The SMILES string of the molecule is NC(=O)C1=CCC(c2cccc(CNCCc3ccccc3)c2)O1. The fourth-order valence-corrected chi connectivity index (χ4v) is 2.84. The molecule has 1 atom stereocenters. The van der Waals surface area contributed by atoms with Gasteiger partial charge >= 0.3 is 0 Å². The Bertz CT molecular complexity index is 725. The molecule has 0 radical (unpaired) electrons. The smallest absolute Gasteiger partial charge is 0.283 e.